The maximum absolute atomic E-state index is 12.2. The van der Waals surface area contributed by atoms with Gasteiger partial charge in [-0.2, -0.15) is 0 Å². The Labute approximate surface area is 131 Å². The fraction of sp³-hybridized carbons (Fsp3) is 0.625. The predicted molar refractivity (Wildman–Crippen MR) is 83.6 cm³/mol. The van der Waals surface area contributed by atoms with E-state index in [9.17, 15) is 9.59 Å². The zero-order valence-electron chi connectivity index (χ0n) is 13.4. The zero-order chi connectivity index (χ0) is 15.9. The molecule has 2 rings (SSSR count). The molecule has 1 unspecified atom stereocenters. The van der Waals surface area contributed by atoms with E-state index in [1.165, 1.54) is 12.5 Å². The first-order chi connectivity index (χ1) is 10.6. The van der Waals surface area contributed by atoms with Crippen molar-refractivity contribution in [2.75, 3.05) is 32.7 Å². The van der Waals surface area contributed by atoms with E-state index in [0.29, 0.717) is 25.2 Å². The molecular weight excluding hydrogens is 282 g/mol. The molecule has 0 bridgehead atoms. The fourth-order valence-corrected chi connectivity index (χ4v) is 2.71. The van der Waals surface area contributed by atoms with Gasteiger partial charge in [0.15, 0.2) is 0 Å². The van der Waals surface area contributed by atoms with Gasteiger partial charge >= 0.3 is 0 Å². The van der Waals surface area contributed by atoms with E-state index in [1.54, 1.807) is 11.0 Å². The summed E-state index contributed by atoms with van der Waals surface area (Å²) in [6, 6.07) is 1.90. The summed E-state index contributed by atoms with van der Waals surface area (Å²) in [5.41, 5.74) is 0.583. The molecule has 1 fully saturated rings. The number of carbonyl (C=O) groups excluding carboxylic acids is 2. The number of rotatable bonds is 6. The van der Waals surface area contributed by atoms with Crippen LogP contribution in [0.1, 0.15) is 37.0 Å². The molecule has 1 aromatic rings. The Kier molecular flexibility index (Phi) is 6.00. The predicted octanol–water partition coefficient (Wildman–Crippen LogP) is 1.34. The highest BCUT2D eigenvalue weighted by molar-refractivity contribution is 5.93. The van der Waals surface area contributed by atoms with Crippen LogP contribution >= 0.6 is 0 Å². The van der Waals surface area contributed by atoms with E-state index in [4.69, 9.17) is 4.42 Å². The van der Waals surface area contributed by atoms with Crippen LogP contribution in [0.2, 0.25) is 0 Å². The Balaban J connectivity index is 1.73. The molecule has 1 atom stereocenters. The minimum atomic E-state index is -0.00517. The lowest BCUT2D eigenvalue weighted by Gasteiger charge is -2.34. The minimum absolute atomic E-state index is 0.00517. The van der Waals surface area contributed by atoms with E-state index in [0.717, 1.165) is 25.9 Å². The molecule has 1 aromatic heterocycles. The lowest BCUT2D eigenvalue weighted by Crippen LogP contribution is -2.51. The van der Waals surface area contributed by atoms with Gasteiger partial charge in [-0.15, -0.1) is 0 Å². The quantitative estimate of drug-likeness (QED) is 0.861. The Morgan fingerprint density at radius 3 is 2.64 bits per heavy atom. The van der Waals surface area contributed by atoms with Gasteiger partial charge in [-0.1, -0.05) is 13.3 Å². The second-order valence-electron chi connectivity index (χ2n) is 5.84. The highest BCUT2D eigenvalue weighted by atomic mass is 16.3. The number of nitrogens with one attached hydrogen (secondary N) is 1. The molecule has 1 saturated heterocycles. The van der Waals surface area contributed by atoms with Crippen molar-refractivity contribution in [1.29, 1.82) is 0 Å². The van der Waals surface area contributed by atoms with Gasteiger partial charge in [-0.3, -0.25) is 14.5 Å². The summed E-state index contributed by atoms with van der Waals surface area (Å²) in [6.07, 6.45) is 5.04. The maximum atomic E-state index is 12.2. The molecule has 1 aliphatic rings. The van der Waals surface area contributed by atoms with E-state index >= 15 is 0 Å². The Bertz CT molecular complexity index is 479. The third-order valence-corrected chi connectivity index (χ3v) is 3.92. The smallest absolute Gasteiger partial charge is 0.257 e. The first-order valence-corrected chi connectivity index (χ1v) is 7.93. The second-order valence-corrected chi connectivity index (χ2v) is 5.84. The van der Waals surface area contributed by atoms with Crippen LogP contribution in [0, 0.1) is 0 Å². The Morgan fingerprint density at radius 1 is 1.32 bits per heavy atom. The van der Waals surface area contributed by atoms with E-state index in [2.05, 4.69) is 17.1 Å². The third kappa shape index (κ3) is 4.59. The summed E-state index contributed by atoms with van der Waals surface area (Å²) >= 11 is 0. The lowest BCUT2D eigenvalue weighted by atomic mass is 10.2. The zero-order valence-corrected chi connectivity index (χ0v) is 13.4. The van der Waals surface area contributed by atoms with Gasteiger partial charge in [0, 0.05) is 32.2 Å². The molecule has 2 heterocycles. The first-order valence-electron chi connectivity index (χ1n) is 7.93. The molecule has 122 valence electrons. The Morgan fingerprint density at radius 2 is 2.05 bits per heavy atom. The van der Waals surface area contributed by atoms with Gasteiger partial charge in [0.2, 0.25) is 5.91 Å². The fourth-order valence-electron chi connectivity index (χ4n) is 2.71. The van der Waals surface area contributed by atoms with Crippen molar-refractivity contribution in [3.05, 3.63) is 24.2 Å². The highest BCUT2D eigenvalue weighted by Gasteiger charge is 2.23. The molecule has 0 radical (unpaired) electrons. The normalized spacial score (nSPS) is 17.3. The maximum Gasteiger partial charge on any atom is 0.257 e. The van der Waals surface area contributed by atoms with Gasteiger partial charge in [-0.25, -0.2) is 0 Å². The summed E-state index contributed by atoms with van der Waals surface area (Å²) in [5.74, 6) is 0.0602. The van der Waals surface area contributed by atoms with Gasteiger partial charge in [0.1, 0.15) is 6.26 Å². The molecule has 1 N–H and O–H groups in total. The Hall–Kier alpha value is -1.82. The second kappa shape index (κ2) is 7.98. The number of carbonyl (C=O) groups is 2. The topological polar surface area (TPSA) is 65.8 Å². The van der Waals surface area contributed by atoms with Crippen LogP contribution in [-0.4, -0.2) is 60.4 Å². The van der Waals surface area contributed by atoms with Crippen molar-refractivity contribution in [1.82, 2.24) is 15.1 Å². The van der Waals surface area contributed by atoms with Gasteiger partial charge in [-0.05, 0) is 19.4 Å². The van der Waals surface area contributed by atoms with Gasteiger partial charge < -0.3 is 14.6 Å². The van der Waals surface area contributed by atoms with E-state index in [-0.39, 0.29) is 17.9 Å². The molecule has 6 nitrogen and oxygen atoms in total. The molecule has 0 aliphatic carbocycles. The highest BCUT2D eigenvalue weighted by Crippen LogP contribution is 2.09. The molecule has 2 amide bonds. The van der Waals surface area contributed by atoms with Gasteiger partial charge in [0.25, 0.3) is 5.91 Å². The monoisotopic (exact) mass is 307 g/mol. The number of hydrogen-bond donors (Lipinski definition) is 1. The molecule has 0 spiro atoms. The van der Waals surface area contributed by atoms with Crippen molar-refractivity contribution in [2.45, 2.75) is 32.7 Å². The summed E-state index contributed by atoms with van der Waals surface area (Å²) in [6.45, 7) is 7.27. The number of amides is 2. The van der Waals surface area contributed by atoms with Gasteiger partial charge in [0.05, 0.1) is 18.4 Å². The van der Waals surface area contributed by atoms with Crippen LogP contribution < -0.4 is 5.32 Å². The van der Waals surface area contributed by atoms with Crippen molar-refractivity contribution in [3.8, 4) is 0 Å². The van der Waals surface area contributed by atoms with Crippen LogP contribution in [-0.2, 0) is 4.79 Å². The molecule has 22 heavy (non-hydrogen) atoms. The molecule has 0 saturated carbocycles. The standard InChI is InChI=1S/C16H25N3O3/c1-3-4-13(2)17-15(20)11-18-6-8-19(9-7-18)16(21)14-5-10-22-12-14/h5,10,12-13H,3-4,6-9,11H2,1-2H3,(H,17,20). The largest absolute Gasteiger partial charge is 0.472 e. The molecule has 6 heteroatoms. The van der Waals surface area contributed by atoms with E-state index in [1.807, 2.05) is 6.92 Å². The van der Waals surface area contributed by atoms with Crippen LogP contribution in [0.15, 0.2) is 23.0 Å². The molecular formula is C16H25N3O3. The summed E-state index contributed by atoms with van der Waals surface area (Å²) in [7, 11) is 0. The molecule has 1 aliphatic heterocycles. The molecule has 0 aromatic carbocycles. The average Bonchev–Trinajstić information content (AvgIpc) is 3.01. The number of piperazine rings is 1. The SMILES string of the molecule is CCCC(C)NC(=O)CN1CCN(C(=O)c2ccoc2)CC1. The third-order valence-electron chi connectivity index (χ3n) is 3.92. The van der Waals surface area contributed by atoms with Crippen LogP contribution in [0.5, 0.6) is 0 Å². The van der Waals surface area contributed by atoms with Crippen LogP contribution in [0.3, 0.4) is 0 Å². The van der Waals surface area contributed by atoms with Crippen molar-refractivity contribution < 1.29 is 14.0 Å². The lowest BCUT2D eigenvalue weighted by molar-refractivity contribution is -0.123. The van der Waals surface area contributed by atoms with Crippen LogP contribution in [0.25, 0.3) is 0 Å². The first kappa shape index (κ1) is 16.5. The summed E-state index contributed by atoms with van der Waals surface area (Å²) in [5, 5.41) is 3.01. The van der Waals surface area contributed by atoms with Crippen LogP contribution in [0.4, 0.5) is 0 Å². The summed E-state index contributed by atoms with van der Waals surface area (Å²) < 4.78 is 4.95. The van der Waals surface area contributed by atoms with Crippen molar-refractivity contribution >= 4 is 11.8 Å². The van der Waals surface area contributed by atoms with Crippen molar-refractivity contribution in [2.24, 2.45) is 0 Å². The minimum Gasteiger partial charge on any atom is -0.472 e. The van der Waals surface area contributed by atoms with Crippen molar-refractivity contribution in [3.63, 3.8) is 0 Å². The number of furan rings is 1. The summed E-state index contributed by atoms with van der Waals surface area (Å²) in [4.78, 5) is 28.0. The van der Waals surface area contributed by atoms with E-state index < -0.39 is 0 Å². The number of nitrogens with zero attached hydrogens (tertiary/aromatic N) is 2. The average molecular weight is 307 g/mol. The number of hydrogen-bond acceptors (Lipinski definition) is 4.